The number of aromatic nitrogens is 2. The summed E-state index contributed by atoms with van der Waals surface area (Å²) in [5, 5.41) is 0. The van der Waals surface area contributed by atoms with Gasteiger partial charge in [0.1, 0.15) is 5.82 Å². The molecule has 0 bridgehead atoms. The zero-order chi connectivity index (χ0) is 13.1. The molecule has 0 saturated heterocycles. The SMILES string of the molecule is COCC(Cn1c(=S)[nH]c2ccc(F)cc21)OC. The lowest BCUT2D eigenvalue weighted by atomic mass is 10.3. The van der Waals surface area contributed by atoms with Crippen LogP contribution in [0.5, 0.6) is 0 Å². The molecule has 98 valence electrons. The van der Waals surface area contributed by atoms with E-state index in [1.165, 1.54) is 12.1 Å². The van der Waals surface area contributed by atoms with E-state index in [0.717, 1.165) is 11.0 Å². The summed E-state index contributed by atoms with van der Waals surface area (Å²) in [4.78, 5) is 3.04. The van der Waals surface area contributed by atoms with Gasteiger partial charge in [-0.2, -0.15) is 0 Å². The number of imidazole rings is 1. The van der Waals surface area contributed by atoms with Gasteiger partial charge >= 0.3 is 0 Å². The average molecular weight is 270 g/mol. The van der Waals surface area contributed by atoms with E-state index in [4.69, 9.17) is 21.7 Å². The van der Waals surface area contributed by atoms with Crippen molar-refractivity contribution in [2.45, 2.75) is 12.6 Å². The zero-order valence-corrected chi connectivity index (χ0v) is 11.1. The Morgan fingerprint density at radius 2 is 2.22 bits per heavy atom. The van der Waals surface area contributed by atoms with Crippen molar-refractivity contribution in [3.63, 3.8) is 0 Å². The van der Waals surface area contributed by atoms with Crippen LogP contribution < -0.4 is 0 Å². The van der Waals surface area contributed by atoms with E-state index in [0.29, 0.717) is 17.9 Å². The van der Waals surface area contributed by atoms with Crippen molar-refractivity contribution < 1.29 is 13.9 Å². The minimum absolute atomic E-state index is 0.121. The number of nitrogens with one attached hydrogen (secondary N) is 1. The number of ether oxygens (including phenoxy) is 2. The molecule has 0 saturated carbocycles. The molecule has 0 spiro atoms. The molecule has 0 aliphatic carbocycles. The van der Waals surface area contributed by atoms with Crippen LogP contribution in [0.1, 0.15) is 0 Å². The molecular weight excluding hydrogens is 255 g/mol. The Hall–Kier alpha value is -1.24. The topological polar surface area (TPSA) is 39.2 Å². The molecule has 2 rings (SSSR count). The molecule has 1 N–H and O–H groups in total. The number of benzene rings is 1. The lowest BCUT2D eigenvalue weighted by Crippen LogP contribution is -2.23. The molecule has 1 aromatic heterocycles. The summed E-state index contributed by atoms with van der Waals surface area (Å²) in [7, 11) is 3.23. The first-order valence-electron chi connectivity index (χ1n) is 5.55. The minimum atomic E-state index is -0.286. The Balaban J connectivity index is 2.40. The smallest absolute Gasteiger partial charge is 0.178 e. The van der Waals surface area contributed by atoms with Crippen LogP contribution in [0.2, 0.25) is 0 Å². The summed E-state index contributed by atoms with van der Waals surface area (Å²) in [6.07, 6.45) is -0.121. The summed E-state index contributed by atoms with van der Waals surface area (Å²) < 4.78 is 26.0. The molecule has 1 atom stereocenters. The second-order valence-corrected chi connectivity index (χ2v) is 4.40. The van der Waals surface area contributed by atoms with E-state index in [1.807, 2.05) is 4.57 Å². The molecule has 2 aromatic rings. The lowest BCUT2D eigenvalue weighted by molar-refractivity contribution is 0.0188. The normalized spacial score (nSPS) is 13.1. The van der Waals surface area contributed by atoms with E-state index < -0.39 is 0 Å². The van der Waals surface area contributed by atoms with Gasteiger partial charge in [0.15, 0.2) is 4.77 Å². The average Bonchev–Trinajstić information content (AvgIpc) is 2.65. The fourth-order valence-corrected chi connectivity index (χ4v) is 2.17. The van der Waals surface area contributed by atoms with E-state index in [9.17, 15) is 4.39 Å². The predicted molar refractivity (Wildman–Crippen MR) is 69.8 cm³/mol. The van der Waals surface area contributed by atoms with Gasteiger partial charge in [0.2, 0.25) is 0 Å². The number of halogens is 1. The third kappa shape index (κ3) is 2.60. The van der Waals surface area contributed by atoms with E-state index >= 15 is 0 Å². The van der Waals surface area contributed by atoms with Crippen LogP contribution in [0.3, 0.4) is 0 Å². The maximum atomic E-state index is 13.3. The molecule has 18 heavy (non-hydrogen) atoms. The highest BCUT2D eigenvalue weighted by Gasteiger charge is 2.12. The molecule has 0 aliphatic heterocycles. The molecule has 0 aliphatic rings. The maximum Gasteiger partial charge on any atom is 0.178 e. The van der Waals surface area contributed by atoms with Crippen molar-refractivity contribution >= 4 is 23.3 Å². The van der Waals surface area contributed by atoms with Crippen LogP contribution in [-0.2, 0) is 16.0 Å². The van der Waals surface area contributed by atoms with Crippen LogP contribution in [0.15, 0.2) is 18.2 Å². The molecule has 0 amide bonds. The number of hydrogen-bond donors (Lipinski definition) is 1. The lowest BCUT2D eigenvalue weighted by Gasteiger charge is -2.15. The Bertz CT molecular complexity index is 593. The van der Waals surface area contributed by atoms with Gasteiger partial charge in [-0.3, -0.25) is 0 Å². The van der Waals surface area contributed by atoms with E-state index in [2.05, 4.69) is 4.98 Å². The molecule has 0 fully saturated rings. The van der Waals surface area contributed by atoms with Gasteiger partial charge in [0, 0.05) is 14.2 Å². The largest absolute Gasteiger partial charge is 0.382 e. The minimum Gasteiger partial charge on any atom is -0.382 e. The monoisotopic (exact) mass is 270 g/mol. The van der Waals surface area contributed by atoms with Gasteiger partial charge in [-0.05, 0) is 30.4 Å². The highest BCUT2D eigenvalue weighted by molar-refractivity contribution is 7.71. The quantitative estimate of drug-likeness (QED) is 0.848. The molecule has 6 heteroatoms. The van der Waals surface area contributed by atoms with Gasteiger partial charge in [0.05, 0.1) is 30.3 Å². The molecule has 4 nitrogen and oxygen atoms in total. The van der Waals surface area contributed by atoms with Crippen LogP contribution in [0, 0.1) is 10.6 Å². The van der Waals surface area contributed by atoms with Gasteiger partial charge in [-0.1, -0.05) is 0 Å². The van der Waals surface area contributed by atoms with Crippen LogP contribution in [0.4, 0.5) is 4.39 Å². The Morgan fingerprint density at radius 3 is 2.89 bits per heavy atom. The van der Waals surface area contributed by atoms with Gasteiger partial charge < -0.3 is 19.0 Å². The Labute approximate surface area is 109 Å². The Morgan fingerprint density at radius 1 is 1.44 bits per heavy atom. The molecular formula is C12H15FN2O2S. The summed E-state index contributed by atoms with van der Waals surface area (Å²) in [6.45, 7) is 0.979. The van der Waals surface area contributed by atoms with Crippen LogP contribution in [0.25, 0.3) is 11.0 Å². The maximum absolute atomic E-state index is 13.3. The summed E-state index contributed by atoms with van der Waals surface area (Å²) in [5.41, 5.74) is 1.55. The number of hydrogen-bond acceptors (Lipinski definition) is 3. The summed E-state index contributed by atoms with van der Waals surface area (Å²) in [5.74, 6) is -0.286. The van der Waals surface area contributed by atoms with Crippen molar-refractivity contribution in [2.75, 3.05) is 20.8 Å². The number of fused-ring (bicyclic) bond motifs is 1. The van der Waals surface area contributed by atoms with Crippen LogP contribution in [-0.4, -0.2) is 36.5 Å². The standard InChI is InChI=1S/C12H15FN2O2S/c1-16-7-9(17-2)6-15-11-5-8(13)3-4-10(11)14-12(15)18/h3-5,9H,6-7H2,1-2H3,(H,14,18). The summed E-state index contributed by atoms with van der Waals surface area (Å²) >= 11 is 5.24. The second kappa shape index (κ2) is 5.60. The van der Waals surface area contributed by atoms with Gasteiger partial charge in [-0.25, -0.2) is 4.39 Å². The second-order valence-electron chi connectivity index (χ2n) is 4.02. The Kier molecular flexibility index (Phi) is 4.11. The number of rotatable bonds is 5. The number of H-pyrrole nitrogens is 1. The van der Waals surface area contributed by atoms with Crippen LogP contribution >= 0.6 is 12.2 Å². The zero-order valence-electron chi connectivity index (χ0n) is 10.3. The van der Waals surface area contributed by atoms with Crippen molar-refractivity contribution in [3.05, 3.63) is 28.8 Å². The predicted octanol–water partition coefficient (Wildman–Crippen LogP) is 2.50. The number of nitrogens with zero attached hydrogens (tertiary/aromatic N) is 1. The molecule has 1 aromatic carbocycles. The third-order valence-corrected chi connectivity index (χ3v) is 3.13. The van der Waals surface area contributed by atoms with Crippen molar-refractivity contribution in [2.24, 2.45) is 0 Å². The fraction of sp³-hybridized carbons (Fsp3) is 0.417. The third-order valence-electron chi connectivity index (χ3n) is 2.81. The highest BCUT2D eigenvalue weighted by atomic mass is 32.1. The van der Waals surface area contributed by atoms with E-state index in [-0.39, 0.29) is 11.9 Å². The van der Waals surface area contributed by atoms with Gasteiger partial charge in [-0.15, -0.1) is 0 Å². The molecule has 1 unspecified atom stereocenters. The summed E-state index contributed by atoms with van der Waals surface area (Å²) in [6, 6.07) is 4.54. The first kappa shape index (κ1) is 13.2. The molecule has 1 heterocycles. The van der Waals surface area contributed by atoms with Crippen molar-refractivity contribution in [1.82, 2.24) is 9.55 Å². The van der Waals surface area contributed by atoms with Gasteiger partial charge in [0.25, 0.3) is 0 Å². The number of methoxy groups -OCH3 is 2. The van der Waals surface area contributed by atoms with E-state index in [1.54, 1.807) is 20.3 Å². The molecule has 0 radical (unpaired) electrons. The first-order valence-corrected chi connectivity index (χ1v) is 5.96. The van der Waals surface area contributed by atoms with Crippen molar-refractivity contribution in [3.8, 4) is 0 Å². The first-order chi connectivity index (χ1) is 8.65. The van der Waals surface area contributed by atoms with Crippen molar-refractivity contribution in [1.29, 1.82) is 0 Å². The fourth-order valence-electron chi connectivity index (χ4n) is 1.89. The highest BCUT2D eigenvalue weighted by Crippen LogP contribution is 2.16. The number of aromatic amines is 1.